The Morgan fingerprint density at radius 1 is 1.45 bits per heavy atom. The molecule has 3 N–H and O–H groups in total. The number of halogens is 1. The predicted octanol–water partition coefficient (Wildman–Crippen LogP) is 0.956. The number of sulfonamides is 1. The van der Waals surface area contributed by atoms with E-state index in [1.54, 1.807) is 11.8 Å². The second-order valence-electron chi connectivity index (χ2n) is 5.36. The molecule has 1 heterocycles. The molecule has 0 radical (unpaired) electrons. The Balaban J connectivity index is 2.08. The van der Waals surface area contributed by atoms with Gasteiger partial charge in [0.2, 0.25) is 15.9 Å². The van der Waals surface area contributed by atoms with Gasteiger partial charge in [0.15, 0.2) is 0 Å². The van der Waals surface area contributed by atoms with Crippen LogP contribution in [0.1, 0.15) is 19.8 Å². The molecule has 0 spiro atoms. The van der Waals surface area contributed by atoms with Crippen molar-refractivity contribution >= 4 is 27.5 Å². The van der Waals surface area contributed by atoms with Gasteiger partial charge >= 0.3 is 0 Å². The standard InChI is InChI=1S/C14H20ClN3O3S/c1-10(14(19)18-8-2-3-12(18)9-16)17-22(20,21)13-6-4-11(15)5-7-13/h4-7,10,12,17H,2-3,8-9,16H2,1H3. The second kappa shape index (κ2) is 6.95. The maximum Gasteiger partial charge on any atom is 0.241 e. The molecule has 2 unspecified atom stereocenters. The van der Waals surface area contributed by atoms with Gasteiger partial charge in [0.05, 0.1) is 10.9 Å². The van der Waals surface area contributed by atoms with Gasteiger partial charge in [-0.15, -0.1) is 0 Å². The summed E-state index contributed by atoms with van der Waals surface area (Å²) in [6.07, 6.45) is 1.75. The summed E-state index contributed by atoms with van der Waals surface area (Å²) < 4.78 is 27.0. The lowest BCUT2D eigenvalue weighted by molar-refractivity contribution is -0.133. The zero-order chi connectivity index (χ0) is 16.3. The molecular formula is C14H20ClN3O3S. The number of carbonyl (C=O) groups excluding carboxylic acids is 1. The molecule has 2 atom stereocenters. The largest absolute Gasteiger partial charge is 0.337 e. The highest BCUT2D eigenvalue weighted by atomic mass is 35.5. The Labute approximate surface area is 135 Å². The number of nitrogens with two attached hydrogens (primary N) is 1. The topological polar surface area (TPSA) is 92.5 Å². The zero-order valence-corrected chi connectivity index (χ0v) is 13.9. The normalized spacial score (nSPS) is 20.1. The van der Waals surface area contributed by atoms with E-state index in [-0.39, 0.29) is 16.8 Å². The quantitative estimate of drug-likeness (QED) is 0.831. The van der Waals surface area contributed by atoms with Crippen molar-refractivity contribution in [1.29, 1.82) is 0 Å². The monoisotopic (exact) mass is 345 g/mol. The van der Waals surface area contributed by atoms with Crippen molar-refractivity contribution < 1.29 is 13.2 Å². The van der Waals surface area contributed by atoms with Crippen LogP contribution in [-0.2, 0) is 14.8 Å². The van der Waals surface area contributed by atoms with Crippen molar-refractivity contribution in [3.8, 4) is 0 Å². The summed E-state index contributed by atoms with van der Waals surface area (Å²) in [6.45, 7) is 2.55. The summed E-state index contributed by atoms with van der Waals surface area (Å²) in [5.74, 6) is -0.245. The molecule has 0 aliphatic carbocycles. The Bertz CT molecular complexity index is 633. The Kier molecular flexibility index (Phi) is 5.44. The summed E-state index contributed by atoms with van der Waals surface area (Å²) in [5, 5.41) is 0.450. The van der Waals surface area contributed by atoms with E-state index in [1.807, 2.05) is 0 Å². The summed E-state index contributed by atoms with van der Waals surface area (Å²) in [7, 11) is -3.76. The van der Waals surface area contributed by atoms with Gasteiger partial charge in [-0.3, -0.25) is 4.79 Å². The molecule has 1 saturated heterocycles. The van der Waals surface area contributed by atoms with Crippen molar-refractivity contribution in [2.75, 3.05) is 13.1 Å². The number of hydrogen-bond acceptors (Lipinski definition) is 4. The van der Waals surface area contributed by atoms with Crippen LogP contribution in [0.15, 0.2) is 29.2 Å². The van der Waals surface area contributed by atoms with E-state index in [1.165, 1.54) is 24.3 Å². The van der Waals surface area contributed by atoms with Gasteiger partial charge in [-0.1, -0.05) is 11.6 Å². The van der Waals surface area contributed by atoms with Crippen LogP contribution >= 0.6 is 11.6 Å². The van der Waals surface area contributed by atoms with Gasteiger partial charge in [0, 0.05) is 24.2 Å². The number of likely N-dealkylation sites (tertiary alicyclic amines) is 1. The third kappa shape index (κ3) is 3.78. The number of amides is 1. The first-order valence-corrected chi connectivity index (χ1v) is 8.99. The average molecular weight is 346 g/mol. The molecule has 22 heavy (non-hydrogen) atoms. The van der Waals surface area contributed by atoms with Crippen LogP contribution in [0.2, 0.25) is 5.02 Å². The molecule has 6 nitrogen and oxygen atoms in total. The molecule has 1 amide bonds. The number of nitrogens with one attached hydrogen (secondary N) is 1. The third-order valence-electron chi connectivity index (χ3n) is 3.76. The molecule has 122 valence electrons. The van der Waals surface area contributed by atoms with Gasteiger partial charge in [-0.2, -0.15) is 4.72 Å². The first-order chi connectivity index (χ1) is 10.3. The number of carbonyl (C=O) groups is 1. The minimum atomic E-state index is -3.76. The summed E-state index contributed by atoms with van der Waals surface area (Å²) in [5.41, 5.74) is 5.65. The minimum Gasteiger partial charge on any atom is -0.337 e. The van der Waals surface area contributed by atoms with E-state index in [2.05, 4.69) is 4.72 Å². The zero-order valence-electron chi connectivity index (χ0n) is 12.3. The Morgan fingerprint density at radius 3 is 2.68 bits per heavy atom. The Hall–Kier alpha value is -1.15. The molecule has 1 fully saturated rings. The molecule has 1 aliphatic rings. The van der Waals surface area contributed by atoms with Gasteiger partial charge in [-0.05, 0) is 44.0 Å². The number of benzene rings is 1. The second-order valence-corrected chi connectivity index (χ2v) is 7.51. The van der Waals surface area contributed by atoms with E-state index in [9.17, 15) is 13.2 Å². The van der Waals surface area contributed by atoms with Gasteiger partial charge < -0.3 is 10.6 Å². The maximum absolute atomic E-state index is 12.4. The first kappa shape index (κ1) is 17.2. The van der Waals surface area contributed by atoms with E-state index in [4.69, 9.17) is 17.3 Å². The summed E-state index contributed by atoms with van der Waals surface area (Å²) in [4.78, 5) is 14.1. The van der Waals surface area contributed by atoms with Crippen molar-refractivity contribution in [2.24, 2.45) is 5.73 Å². The van der Waals surface area contributed by atoms with Crippen molar-refractivity contribution in [2.45, 2.75) is 36.7 Å². The smallest absolute Gasteiger partial charge is 0.241 e. The highest BCUT2D eigenvalue weighted by molar-refractivity contribution is 7.89. The van der Waals surface area contributed by atoms with Crippen LogP contribution in [0.3, 0.4) is 0 Å². The molecule has 0 aromatic heterocycles. The fourth-order valence-corrected chi connectivity index (χ4v) is 3.91. The van der Waals surface area contributed by atoms with Gasteiger partial charge in [0.1, 0.15) is 0 Å². The van der Waals surface area contributed by atoms with Crippen LogP contribution in [0.4, 0.5) is 0 Å². The molecule has 0 saturated carbocycles. The van der Waals surface area contributed by atoms with E-state index in [0.29, 0.717) is 18.1 Å². The van der Waals surface area contributed by atoms with Crippen molar-refractivity contribution in [1.82, 2.24) is 9.62 Å². The lowest BCUT2D eigenvalue weighted by Crippen LogP contribution is -2.50. The molecule has 1 aromatic carbocycles. The highest BCUT2D eigenvalue weighted by Crippen LogP contribution is 2.18. The van der Waals surface area contributed by atoms with Crippen molar-refractivity contribution in [3.63, 3.8) is 0 Å². The van der Waals surface area contributed by atoms with Crippen LogP contribution in [0, 0.1) is 0 Å². The Morgan fingerprint density at radius 2 is 2.09 bits per heavy atom. The number of nitrogens with zero attached hydrogens (tertiary/aromatic N) is 1. The van der Waals surface area contributed by atoms with Crippen LogP contribution in [0.5, 0.6) is 0 Å². The fourth-order valence-electron chi connectivity index (χ4n) is 2.58. The fraction of sp³-hybridized carbons (Fsp3) is 0.500. The SMILES string of the molecule is CC(NS(=O)(=O)c1ccc(Cl)cc1)C(=O)N1CCCC1CN. The molecule has 8 heteroatoms. The lowest BCUT2D eigenvalue weighted by atomic mass is 10.2. The van der Waals surface area contributed by atoms with Crippen molar-refractivity contribution in [3.05, 3.63) is 29.3 Å². The van der Waals surface area contributed by atoms with E-state index in [0.717, 1.165) is 12.8 Å². The summed E-state index contributed by atoms with van der Waals surface area (Å²) in [6, 6.07) is 4.95. The van der Waals surface area contributed by atoms with E-state index < -0.39 is 16.1 Å². The summed E-state index contributed by atoms with van der Waals surface area (Å²) >= 11 is 5.75. The van der Waals surface area contributed by atoms with Crippen LogP contribution < -0.4 is 10.5 Å². The lowest BCUT2D eigenvalue weighted by Gasteiger charge is -2.26. The predicted molar refractivity (Wildman–Crippen MR) is 85.0 cm³/mol. The van der Waals surface area contributed by atoms with Gasteiger partial charge in [0.25, 0.3) is 0 Å². The molecule has 1 aromatic rings. The molecule has 2 rings (SSSR count). The minimum absolute atomic E-state index is 0.00464. The third-order valence-corrected chi connectivity index (χ3v) is 5.57. The number of rotatable bonds is 5. The molecular weight excluding hydrogens is 326 g/mol. The average Bonchev–Trinajstić information content (AvgIpc) is 2.94. The van der Waals surface area contributed by atoms with E-state index >= 15 is 0 Å². The maximum atomic E-state index is 12.4. The van der Waals surface area contributed by atoms with Gasteiger partial charge in [-0.25, -0.2) is 8.42 Å². The number of hydrogen-bond donors (Lipinski definition) is 2. The highest BCUT2D eigenvalue weighted by Gasteiger charge is 2.32. The molecule has 0 bridgehead atoms. The van der Waals surface area contributed by atoms with Crippen LogP contribution in [-0.4, -0.2) is 44.4 Å². The first-order valence-electron chi connectivity index (χ1n) is 7.13. The molecule has 1 aliphatic heterocycles. The van der Waals surface area contributed by atoms with Crippen LogP contribution in [0.25, 0.3) is 0 Å².